The summed E-state index contributed by atoms with van der Waals surface area (Å²) < 4.78 is 15.7. The number of carbonyl (C=O) groups is 1. The van der Waals surface area contributed by atoms with E-state index in [1.807, 2.05) is 0 Å². The number of carbonyl (C=O) groups excluding carboxylic acids is 1. The van der Waals surface area contributed by atoms with Crippen molar-refractivity contribution in [2.75, 3.05) is 21.3 Å². The van der Waals surface area contributed by atoms with Crippen LogP contribution in [0.3, 0.4) is 0 Å². The Kier molecular flexibility index (Phi) is 4.18. The van der Waals surface area contributed by atoms with Gasteiger partial charge in [0.15, 0.2) is 5.75 Å². The van der Waals surface area contributed by atoms with Crippen LogP contribution in [0.4, 0.5) is 0 Å². The number of hydrogen-bond donors (Lipinski definition) is 0. The molecule has 0 fully saturated rings. The Labute approximate surface area is 103 Å². The van der Waals surface area contributed by atoms with Crippen LogP contribution in [0.15, 0.2) is 10.5 Å². The lowest BCUT2D eigenvalue weighted by molar-refractivity contribution is 0.0596. The second kappa shape index (κ2) is 5.21. The van der Waals surface area contributed by atoms with Crippen molar-refractivity contribution in [3.63, 3.8) is 0 Å². The Balaban J connectivity index is 3.49. The van der Waals surface area contributed by atoms with Crippen LogP contribution in [-0.2, 0) is 4.74 Å². The van der Waals surface area contributed by atoms with E-state index >= 15 is 0 Å². The normalized spacial score (nSPS) is 9.81. The molecule has 1 rings (SSSR count). The summed E-state index contributed by atoms with van der Waals surface area (Å²) in [6.07, 6.45) is 0. The number of rotatable bonds is 3. The Hall–Kier alpha value is -1.23. The maximum atomic E-state index is 11.6. The minimum atomic E-state index is -0.433. The van der Waals surface area contributed by atoms with Gasteiger partial charge < -0.3 is 14.2 Å². The minimum absolute atomic E-state index is 0.401. The zero-order chi connectivity index (χ0) is 12.3. The Morgan fingerprint density at radius 1 is 1.25 bits per heavy atom. The highest BCUT2D eigenvalue weighted by molar-refractivity contribution is 9.10. The van der Waals surface area contributed by atoms with Crippen molar-refractivity contribution in [2.45, 2.75) is 6.92 Å². The van der Waals surface area contributed by atoms with E-state index < -0.39 is 5.97 Å². The summed E-state index contributed by atoms with van der Waals surface area (Å²) in [5.41, 5.74) is 1.14. The van der Waals surface area contributed by atoms with Crippen molar-refractivity contribution < 1.29 is 19.0 Å². The first-order chi connectivity index (χ1) is 7.56. The Bertz CT molecular complexity index is 415. The molecule has 0 atom stereocenters. The molecule has 0 spiro atoms. The van der Waals surface area contributed by atoms with Crippen molar-refractivity contribution in [1.29, 1.82) is 0 Å². The number of aryl methyl sites for hydroxylation is 1. The molecule has 1 aromatic carbocycles. The van der Waals surface area contributed by atoms with E-state index in [1.165, 1.54) is 14.2 Å². The van der Waals surface area contributed by atoms with Gasteiger partial charge in [0, 0.05) is 0 Å². The van der Waals surface area contributed by atoms with Crippen molar-refractivity contribution in [1.82, 2.24) is 0 Å². The molecule has 1 aromatic rings. The van der Waals surface area contributed by atoms with Crippen LogP contribution in [0.25, 0.3) is 0 Å². The maximum Gasteiger partial charge on any atom is 0.341 e. The van der Waals surface area contributed by atoms with Gasteiger partial charge in [-0.1, -0.05) is 0 Å². The predicted molar refractivity (Wildman–Crippen MR) is 63.3 cm³/mol. The summed E-state index contributed by atoms with van der Waals surface area (Å²) in [5, 5.41) is 0. The van der Waals surface area contributed by atoms with Crippen molar-refractivity contribution in [3.05, 3.63) is 21.7 Å². The largest absolute Gasteiger partial charge is 0.495 e. The molecule has 0 saturated carbocycles. The van der Waals surface area contributed by atoms with Gasteiger partial charge in [0.05, 0.1) is 21.3 Å². The molecular formula is C11H13BrO4. The topological polar surface area (TPSA) is 44.8 Å². The molecular weight excluding hydrogens is 276 g/mol. The average molecular weight is 289 g/mol. The molecule has 88 valence electrons. The number of methoxy groups -OCH3 is 3. The number of hydrogen-bond acceptors (Lipinski definition) is 4. The molecule has 5 heteroatoms. The SMILES string of the molecule is COC(=O)c1c(C)cc(OC)c(Br)c1OC. The first kappa shape index (κ1) is 12.8. The summed E-state index contributed by atoms with van der Waals surface area (Å²) in [5.74, 6) is 0.600. The van der Waals surface area contributed by atoms with E-state index in [1.54, 1.807) is 20.1 Å². The van der Waals surface area contributed by atoms with Crippen LogP contribution >= 0.6 is 15.9 Å². The second-order valence-corrected chi connectivity index (χ2v) is 3.90. The quantitative estimate of drug-likeness (QED) is 0.802. The molecule has 0 aliphatic heterocycles. The van der Waals surface area contributed by atoms with Gasteiger partial charge in [-0.2, -0.15) is 0 Å². The van der Waals surface area contributed by atoms with E-state index in [0.29, 0.717) is 21.5 Å². The molecule has 0 saturated heterocycles. The van der Waals surface area contributed by atoms with Gasteiger partial charge in [-0.05, 0) is 34.5 Å². The van der Waals surface area contributed by atoms with E-state index in [2.05, 4.69) is 15.9 Å². The van der Waals surface area contributed by atoms with Gasteiger partial charge >= 0.3 is 5.97 Å². The fourth-order valence-electron chi connectivity index (χ4n) is 1.43. The molecule has 0 N–H and O–H groups in total. The van der Waals surface area contributed by atoms with Gasteiger partial charge in [-0.3, -0.25) is 0 Å². The lowest BCUT2D eigenvalue weighted by atomic mass is 10.1. The number of benzene rings is 1. The van der Waals surface area contributed by atoms with Gasteiger partial charge in [0.1, 0.15) is 15.8 Å². The first-order valence-electron chi connectivity index (χ1n) is 4.56. The lowest BCUT2D eigenvalue weighted by Crippen LogP contribution is -2.07. The zero-order valence-electron chi connectivity index (χ0n) is 9.59. The first-order valence-corrected chi connectivity index (χ1v) is 5.35. The van der Waals surface area contributed by atoms with Gasteiger partial charge in [-0.15, -0.1) is 0 Å². The zero-order valence-corrected chi connectivity index (χ0v) is 11.2. The number of esters is 1. The molecule has 0 heterocycles. The second-order valence-electron chi connectivity index (χ2n) is 3.11. The van der Waals surface area contributed by atoms with Crippen molar-refractivity contribution in [3.8, 4) is 11.5 Å². The monoisotopic (exact) mass is 288 g/mol. The third kappa shape index (κ3) is 2.14. The fraction of sp³-hybridized carbons (Fsp3) is 0.364. The molecule has 0 bridgehead atoms. The van der Waals surface area contributed by atoms with Crippen LogP contribution in [0.1, 0.15) is 15.9 Å². The summed E-state index contributed by atoms with van der Waals surface area (Å²) in [4.78, 5) is 11.6. The molecule has 0 aliphatic carbocycles. The van der Waals surface area contributed by atoms with E-state index in [0.717, 1.165) is 5.56 Å². The van der Waals surface area contributed by atoms with Crippen LogP contribution in [0, 0.1) is 6.92 Å². The highest BCUT2D eigenvalue weighted by atomic mass is 79.9. The van der Waals surface area contributed by atoms with Crippen LogP contribution in [0.5, 0.6) is 11.5 Å². The Morgan fingerprint density at radius 3 is 2.31 bits per heavy atom. The van der Waals surface area contributed by atoms with E-state index in [4.69, 9.17) is 14.2 Å². The van der Waals surface area contributed by atoms with E-state index in [-0.39, 0.29) is 0 Å². The summed E-state index contributed by atoms with van der Waals surface area (Å²) in [7, 11) is 4.38. The molecule has 4 nitrogen and oxygen atoms in total. The highest BCUT2D eigenvalue weighted by Crippen LogP contribution is 2.39. The van der Waals surface area contributed by atoms with Gasteiger partial charge in [0.25, 0.3) is 0 Å². The molecule has 16 heavy (non-hydrogen) atoms. The molecule has 0 unspecified atom stereocenters. The van der Waals surface area contributed by atoms with Crippen molar-refractivity contribution >= 4 is 21.9 Å². The Morgan fingerprint density at radius 2 is 1.88 bits per heavy atom. The smallest absolute Gasteiger partial charge is 0.341 e. The standard InChI is InChI=1S/C11H13BrO4/c1-6-5-7(14-2)9(12)10(15-3)8(6)11(13)16-4/h5H,1-4H3. The third-order valence-corrected chi connectivity index (χ3v) is 2.95. The summed E-state index contributed by atoms with van der Waals surface area (Å²) in [6, 6.07) is 1.75. The number of ether oxygens (including phenoxy) is 3. The summed E-state index contributed by atoms with van der Waals surface area (Å²) >= 11 is 3.33. The molecule has 0 aromatic heterocycles. The van der Waals surface area contributed by atoms with Crippen LogP contribution in [-0.4, -0.2) is 27.3 Å². The predicted octanol–water partition coefficient (Wildman–Crippen LogP) is 2.56. The maximum absolute atomic E-state index is 11.6. The lowest BCUT2D eigenvalue weighted by Gasteiger charge is -2.14. The molecule has 0 aliphatic rings. The molecule has 0 amide bonds. The average Bonchev–Trinajstić information content (AvgIpc) is 2.29. The highest BCUT2D eigenvalue weighted by Gasteiger charge is 2.21. The van der Waals surface area contributed by atoms with Gasteiger partial charge in [0.2, 0.25) is 0 Å². The molecule has 0 radical (unpaired) electrons. The van der Waals surface area contributed by atoms with Crippen LogP contribution in [0.2, 0.25) is 0 Å². The number of halogens is 1. The van der Waals surface area contributed by atoms with Gasteiger partial charge in [-0.25, -0.2) is 4.79 Å². The fourth-order valence-corrected chi connectivity index (χ4v) is 2.07. The summed E-state index contributed by atoms with van der Waals surface area (Å²) in [6.45, 7) is 1.80. The third-order valence-electron chi connectivity index (χ3n) is 2.20. The minimum Gasteiger partial charge on any atom is -0.495 e. The van der Waals surface area contributed by atoms with Crippen LogP contribution < -0.4 is 9.47 Å². The van der Waals surface area contributed by atoms with E-state index in [9.17, 15) is 4.79 Å². The van der Waals surface area contributed by atoms with Crippen molar-refractivity contribution in [2.24, 2.45) is 0 Å².